The Morgan fingerprint density at radius 1 is 1.19 bits per heavy atom. The van der Waals surface area contributed by atoms with E-state index in [4.69, 9.17) is 0 Å². The van der Waals surface area contributed by atoms with Crippen molar-refractivity contribution in [3.8, 4) is 11.1 Å². The highest BCUT2D eigenvalue weighted by molar-refractivity contribution is 5.71. The number of rotatable bonds is 7. The summed E-state index contributed by atoms with van der Waals surface area (Å²) in [6, 6.07) is 8.47. The van der Waals surface area contributed by atoms with Gasteiger partial charge in [-0.05, 0) is 55.0 Å². The van der Waals surface area contributed by atoms with Crippen LogP contribution in [0, 0.1) is 11.8 Å². The molecule has 2 aliphatic rings. The number of hydrogen-bond acceptors (Lipinski definition) is 7. The summed E-state index contributed by atoms with van der Waals surface area (Å²) in [5, 5.41) is 27.9. The lowest BCUT2D eigenvalue weighted by molar-refractivity contribution is 0.151. The van der Waals surface area contributed by atoms with Crippen molar-refractivity contribution < 1.29 is 10.2 Å². The van der Waals surface area contributed by atoms with Gasteiger partial charge in [-0.15, -0.1) is 0 Å². The zero-order valence-corrected chi connectivity index (χ0v) is 18.5. The third-order valence-electron chi connectivity index (χ3n) is 6.68. The van der Waals surface area contributed by atoms with Gasteiger partial charge in [0, 0.05) is 41.8 Å². The number of aliphatic hydroxyl groups excluding tert-OH is 2. The molecule has 1 unspecified atom stereocenters. The molecular weight excluding hydrogens is 404 g/mol. The molecule has 1 saturated carbocycles. The predicted molar refractivity (Wildman–Crippen MR) is 123 cm³/mol. The van der Waals surface area contributed by atoms with Gasteiger partial charge in [0.1, 0.15) is 6.23 Å². The molecule has 8 heteroatoms. The lowest BCUT2D eigenvalue weighted by Crippen LogP contribution is -2.52. The number of nitrogens with zero attached hydrogens (tertiary/aromatic N) is 5. The van der Waals surface area contributed by atoms with Crippen molar-refractivity contribution in [2.24, 2.45) is 11.8 Å². The van der Waals surface area contributed by atoms with Gasteiger partial charge in [-0.25, -0.2) is 9.97 Å². The molecule has 4 atom stereocenters. The van der Waals surface area contributed by atoms with Gasteiger partial charge in [-0.2, -0.15) is 5.10 Å². The first-order valence-electron chi connectivity index (χ1n) is 11.3. The molecule has 1 aromatic carbocycles. The van der Waals surface area contributed by atoms with Crippen molar-refractivity contribution in [3.05, 3.63) is 54.6 Å². The molecule has 0 bridgehead atoms. The van der Waals surface area contributed by atoms with Gasteiger partial charge < -0.3 is 20.4 Å². The molecule has 1 aliphatic carbocycles. The lowest BCUT2D eigenvalue weighted by atomic mass is 9.79. The quantitative estimate of drug-likeness (QED) is 0.526. The van der Waals surface area contributed by atoms with Crippen LogP contribution in [0.15, 0.2) is 49.1 Å². The molecule has 3 aromatic rings. The standard InChI is InChI=1S/C24H30N6O2/c1-15-22(28-24-25-8-3-9-26-24)20-12-18(19-13-27-29(14-19)10-11-31)6-7-21(20)30(16(2)32)23(15)17-4-5-17/h3,6-9,12-17,22-23,31-32H,4-5,10-11H2,1-2H3,(H,25,26,28)/t15-,16?,22-,23-/m1/s1. The molecular formula is C24H30N6O2. The maximum atomic E-state index is 10.8. The number of aliphatic hydroxyl groups is 2. The van der Waals surface area contributed by atoms with Gasteiger partial charge in [0.25, 0.3) is 0 Å². The zero-order chi connectivity index (χ0) is 22.2. The Morgan fingerprint density at radius 2 is 1.97 bits per heavy atom. The molecule has 3 heterocycles. The van der Waals surface area contributed by atoms with E-state index in [1.807, 2.05) is 25.4 Å². The molecule has 2 aromatic heterocycles. The minimum atomic E-state index is -0.575. The number of anilines is 2. The lowest BCUT2D eigenvalue weighted by Gasteiger charge is -2.48. The second-order valence-corrected chi connectivity index (χ2v) is 8.91. The Kier molecular flexibility index (Phi) is 5.57. The molecule has 0 radical (unpaired) electrons. The average Bonchev–Trinajstić information content (AvgIpc) is 3.53. The van der Waals surface area contributed by atoms with Gasteiger partial charge in [-0.3, -0.25) is 4.68 Å². The highest BCUT2D eigenvalue weighted by atomic mass is 16.3. The van der Waals surface area contributed by atoms with E-state index >= 15 is 0 Å². The molecule has 3 N–H and O–H groups in total. The molecule has 0 saturated heterocycles. The summed E-state index contributed by atoms with van der Waals surface area (Å²) in [6.07, 6.45) is 9.09. The van der Waals surface area contributed by atoms with Crippen molar-refractivity contribution in [3.63, 3.8) is 0 Å². The van der Waals surface area contributed by atoms with Crippen LogP contribution in [0.25, 0.3) is 11.1 Å². The van der Waals surface area contributed by atoms with E-state index in [0.717, 1.165) is 22.4 Å². The smallest absolute Gasteiger partial charge is 0.223 e. The molecule has 0 amide bonds. The fraction of sp³-hybridized carbons (Fsp3) is 0.458. The van der Waals surface area contributed by atoms with E-state index in [1.54, 1.807) is 17.1 Å². The SMILES string of the molecule is CC(O)N1c2ccc(-c3cnn(CCO)c3)cc2[C@H](Nc2ncccn2)[C@@H](C)[C@@H]1C1CC1. The van der Waals surface area contributed by atoms with E-state index in [-0.39, 0.29) is 24.6 Å². The number of hydrogen-bond donors (Lipinski definition) is 3. The van der Waals surface area contributed by atoms with Crippen LogP contribution in [0.2, 0.25) is 0 Å². The first-order valence-corrected chi connectivity index (χ1v) is 11.3. The van der Waals surface area contributed by atoms with Gasteiger partial charge >= 0.3 is 0 Å². The number of nitrogens with one attached hydrogen (secondary N) is 1. The first kappa shape index (κ1) is 20.9. The summed E-state index contributed by atoms with van der Waals surface area (Å²) in [7, 11) is 0. The summed E-state index contributed by atoms with van der Waals surface area (Å²) < 4.78 is 1.75. The van der Waals surface area contributed by atoms with Gasteiger partial charge in [-0.1, -0.05) is 13.0 Å². The topological polar surface area (TPSA) is 99.3 Å². The fourth-order valence-corrected chi connectivity index (χ4v) is 5.12. The van der Waals surface area contributed by atoms with Crippen LogP contribution in [0.3, 0.4) is 0 Å². The molecule has 1 aliphatic heterocycles. The van der Waals surface area contributed by atoms with E-state index < -0.39 is 6.23 Å². The average molecular weight is 435 g/mol. The van der Waals surface area contributed by atoms with Crippen LogP contribution in [0.1, 0.15) is 38.3 Å². The maximum Gasteiger partial charge on any atom is 0.223 e. The third-order valence-corrected chi connectivity index (χ3v) is 6.68. The van der Waals surface area contributed by atoms with Gasteiger partial charge in [0.2, 0.25) is 5.95 Å². The molecule has 1 fully saturated rings. The van der Waals surface area contributed by atoms with Crippen LogP contribution in [0.5, 0.6) is 0 Å². The molecule has 168 valence electrons. The van der Waals surface area contributed by atoms with E-state index in [9.17, 15) is 10.2 Å². The Balaban J connectivity index is 1.59. The maximum absolute atomic E-state index is 10.8. The van der Waals surface area contributed by atoms with E-state index in [2.05, 4.69) is 50.4 Å². The Hall–Kier alpha value is -2.97. The van der Waals surface area contributed by atoms with Crippen molar-refractivity contribution in [1.82, 2.24) is 19.7 Å². The van der Waals surface area contributed by atoms with Gasteiger partial charge in [0.15, 0.2) is 0 Å². The number of fused-ring (bicyclic) bond motifs is 1. The molecule has 5 rings (SSSR count). The van der Waals surface area contributed by atoms with E-state index in [0.29, 0.717) is 18.4 Å². The highest BCUT2D eigenvalue weighted by Gasteiger charge is 2.47. The Morgan fingerprint density at radius 3 is 2.66 bits per heavy atom. The zero-order valence-electron chi connectivity index (χ0n) is 18.5. The minimum absolute atomic E-state index is 0.0143. The molecule has 0 spiro atoms. The van der Waals surface area contributed by atoms with Crippen LogP contribution >= 0.6 is 0 Å². The second kappa shape index (κ2) is 8.52. The van der Waals surface area contributed by atoms with Crippen LogP contribution < -0.4 is 10.2 Å². The van der Waals surface area contributed by atoms with Crippen molar-refractivity contribution in [2.75, 3.05) is 16.8 Å². The first-order chi connectivity index (χ1) is 15.6. The summed E-state index contributed by atoms with van der Waals surface area (Å²) in [5.41, 5.74) is 4.22. The summed E-state index contributed by atoms with van der Waals surface area (Å²) in [5.74, 6) is 1.45. The number of benzene rings is 1. The van der Waals surface area contributed by atoms with Crippen LogP contribution in [-0.2, 0) is 6.54 Å². The van der Waals surface area contributed by atoms with Crippen LogP contribution in [0.4, 0.5) is 11.6 Å². The third kappa shape index (κ3) is 3.84. The second-order valence-electron chi connectivity index (χ2n) is 8.91. The fourth-order valence-electron chi connectivity index (χ4n) is 5.12. The summed E-state index contributed by atoms with van der Waals surface area (Å²) >= 11 is 0. The van der Waals surface area contributed by atoms with Crippen molar-refractivity contribution in [1.29, 1.82) is 0 Å². The largest absolute Gasteiger partial charge is 0.394 e. The highest BCUT2D eigenvalue weighted by Crippen LogP contribution is 2.50. The Labute approximate surface area is 187 Å². The Bertz CT molecular complexity index is 1070. The minimum Gasteiger partial charge on any atom is -0.394 e. The molecule has 32 heavy (non-hydrogen) atoms. The van der Waals surface area contributed by atoms with Gasteiger partial charge in [0.05, 0.1) is 25.4 Å². The molecule has 8 nitrogen and oxygen atoms in total. The summed E-state index contributed by atoms with van der Waals surface area (Å²) in [6.45, 7) is 4.63. The predicted octanol–water partition coefficient (Wildman–Crippen LogP) is 3.06. The van der Waals surface area contributed by atoms with Crippen molar-refractivity contribution in [2.45, 2.75) is 51.5 Å². The van der Waals surface area contributed by atoms with Crippen LogP contribution in [-0.4, -0.2) is 48.8 Å². The summed E-state index contributed by atoms with van der Waals surface area (Å²) in [4.78, 5) is 11.0. The monoisotopic (exact) mass is 434 g/mol. The van der Waals surface area contributed by atoms with Crippen molar-refractivity contribution >= 4 is 11.6 Å². The van der Waals surface area contributed by atoms with E-state index in [1.165, 1.54) is 12.8 Å². The normalized spacial score (nSPS) is 23.6. The number of aromatic nitrogens is 4.